The zero-order valence-corrected chi connectivity index (χ0v) is 12.1. The van der Waals surface area contributed by atoms with Crippen LogP contribution in [0.2, 0.25) is 0 Å². The molecule has 0 fully saturated rings. The standard InChI is InChI=1S/C11H22N2O4S/c1-11(2,17)7-13(3)10(16)12-8(9(14)15)5-6-18-4/h8,17H,5-7H2,1-4H3,(H,12,16)(H,14,15). The lowest BCUT2D eigenvalue weighted by molar-refractivity contribution is -0.139. The first-order valence-corrected chi connectivity index (χ1v) is 7.02. The predicted octanol–water partition coefficient (Wildman–Crippen LogP) is 0.605. The van der Waals surface area contributed by atoms with E-state index in [2.05, 4.69) is 5.32 Å². The van der Waals surface area contributed by atoms with E-state index < -0.39 is 23.6 Å². The van der Waals surface area contributed by atoms with E-state index in [1.54, 1.807) is 13.8 Å². The fourth-order valence-corrected chi connectivity index (χ4v) is 1.88. The Bertz CT molecular complexity index is 291. The smallest absolute Gasteiger partial charge is 0.326 e. The molecule has 0 spiro atoms. The second-order valence-corrected chi connectivity index (χ2v) is 5.78. The molecule has 106 valence electrons. The summed E-state index contributed by atoms with van der Waals surface area (Å²) in [5.41, 5.74) is -1.01. The highest BCUT2D eigenvalue weighted by Crippen LogP contribution is 2.05. The Morgan fingerprint density at radius 1 is 1.44 bits per heavy atom. The molecule has 18 heavy (non-hydrogen) atoms. The number of aliphatic hydroxyl groups is 1. The van der Waals surface area contributed by atoms with Crippen molar-refractivity contribution in [2.45, 2.75) is 31.9 Å². The van der Waals surface area contributed by atoms with E-state index in [9.17, 15) is 14.7 Å². The Kier molecular flexibility index (Phi) is 7.08. The lowest BCUT2D eigenvalue weighted by Crippen LogP contribution is -2.50. The number of likely N-dealkylation sites (N-methyl/N-ethyl adjacent to an activating group) is 1. The van der Waals surface area contributed by atoms with Crippen LogP contribution in [0.1, 0.15) is 20.3 Å². The molecule has 7 heteroatoms. The monoisotopic (exact) mass is 278 g/mol. The van der Waals surface area contributed by atoms with Crippen LogP contribution in [0.25, 0.3) is 0 Å². The zero-order valence-electron chi connectivity index (χ0n) is 11.3. The summed E-state index contributed by atoms with van der Waals surface area (Å²) in [5, 5.41) is 21.0. The Morgan fingerprint density at radius 2 is 2.00 bits per heavy atom. The van der Waals surface area contributed by atoms with Gasteiger partial charge in [-0.3, -0.25) is 0 Å². The molecule has 0 bridgehead atoms. The fraction of sp³-hybridized carbons (Fsp3) is 0.818. The number of carbonyl (C=O) groups excluding carboxylic acids is 1. The first kappa shape index (κ1) is 17.1. The second kappa shape index (κ2) is 7.48. The largest absolute Gasteiger partial charge is 0.480 e. The summed E-state index contributed by atoms with van der Waals surface area (Å²) in [7, 11) is 1.51. The molecule has 2 amide bonds. The molecule has 0 aromatic carbocycles. The van der Waals surface area contributed by atoms with Crippen molar-refractivity contribution in [1.29, 1.82) is 0 Å². The number of thioether (sulfide) groups is 1. The molecule has 0 aliphatic rings. The highest BCUT2D eigenvalue weighted by Gasteiger charge is 2.24. The van der Waals surface area contributed by atoms with Crippen LogP contribution in [-0.2, 0) is 4.79 Å². The van der Waals surface area contributed by atoms with Gasteiger partial charge in [0.05, 0.1) is 12.1 Å². The number of nitrogens with one attached hydrogen (secondary N) is 1. The summed E-state index contributed by atoms with van der Waals surface area (Å²) in [6.07, 6.45) is 2.25. The minimum absolute atomic E-state index is 0.133. The first-order valence-electron chi connectivity index (χ1n) is 5.63. The normalized spacial score (nSPS) is 12.9. The Hall–Kier alpha value is -0.950. The zero-order chi connectivity index (χ0) is 14.3. The van der Waals surface area contributed by atoms with Crippen molar-refractivity contribution in [3.8, 4) is 0 Å². The number of hydrogen-bond acceptors (Lipinski definition) is 4. The van der Waals surface area contributed by atoms with Crippen LogP contribution < -0.4 is 5.32 Å². The Labute approximate surface area is 112 Å². The fourth-order valence-electron chi connectivity index (χ4n) is 1.40. The van der Waals surface area contributed by atoms with Gasteiger partial charge in [0.2, 0.25) is 0 Å². The molecular formula is C11H22N2O4S. The van der Waals surface area contributed by atoms with Gasteiger partial charge in [-0.05, 0) is 32.3 Å². The topological polar surface area (TPSA) is 89.9 Å². The molecule has 1 unspecified atom stereocenters. The molecule has 1 atom stereocenters. The van der Waals surface area contributed by atoms with Gasteiger partial charge < -0.3 is 20.4 Å². The van der Waals surface area contributed by atoms with Gasteiger partial charge in [0, 0.05) is 7.05 Å². The van der Waals surface area contributed by atoms with Crippen LogP contribution in [0.3, 0.4) is 0 Å². The highest BCUT2D eigenvalue weighted by atomic mass is 32.2. The van der Waals surface area contributed by atoms with Crippen LogP contribution in [0.5, 0.6) is 0 Å². The van der Waals surface area contributed by atoms with E-state index in [0.29, 0.717) is 12.2 Å². The van der Waals surface area contributed by atoms with Crippen LogP contribution >= 0.6 is 11.8 Å². The quantitative estimate of drug-likeness (QED) is 0.634. The minimum Gasteiger partial charge on any atom is -0.480 e. The SMILES string of the molecule is CSCCC(NC(=O)N(C)CC(C)(C)O)C(=O)O. The van der Waals surface area contributed by atoms with Crippen molar-refractivity contribution >= 4 is 23.8 Å². The average Bonchev–Trinajstić information content (AvgIpc) is 2.20. The van der Waals surface area contributed by atoms with Crippen molar-refractivity contribution in [1.82, 2.24) is 10.2 Å². The third-order valence-electron chi connectivity index (χ3n) is 2.18. The van der Waals surface area contributed by atoms with Gasteiger partial charge in [-0.25, -0.2) is 9.59 Å². The number of carboxylic acid groups (broad SMARTS) is 1. The van der Waals surface area contributed by atoms with Crippen molar-refractivity contribution in [3.05, 3.63) is 0 Å². The van der Waals surface area contributed by atoms with Gasteiger partial charge in [0.25, 0.3) is 0 Å². The van der Waals surface area contributed by atoms with E-state index in [1.165, 1.54) is 23.7 Å². The molecule has 0 aliphatic heterocycles. The number of nitrogens with zero attached hydrogens (tertiary/aromatic N) is 1. The maximum atomic E-state index is 11.7. The predicted molar refractivity (Wildman–Crippen MR) is 71.9 cm³/mol. The second-order valence-electron chi connectivity index (χ2n) is 4.79. The van der Waals surface area contributed by atoms with E-state index in [0.717, 1.165) is 0 Å². The average molecular weight is 278 g/mol. The number of rotatable bonds is 7. The summed E-state index contributed by atoms with van der Waals surface area (Å²) >= 11 is 1.52. The summed E-state index contributed by atoms with van der Waals surface area (Å²) in [4.78, 5) is 24.0. The van der Waals surface area contributed by atoms with E-state index in [4.69, 9.17) is 5.11 Å². The maximum absolute atomic E-state index is 11.7. The van der Waals surface area contributed by atoms with Crippen molar-refractivity contribution < 1.29 is 19.8 Å². The minimum atomic E-state index is -1.05. The number of carboxylic acids is 1. The molecule has 0 aliphatic carbocycles. The van der Waals surface area contributed by atoms with Gasteiger partial charge >= 0.3 is 12.0 Å². The van der Waals surface area contributed by atoms with Crippen LogP contribution in [0.4, 0.5) is 4.79 Å². The summed E-state index contributed by atoms with van der Waals surface area (Å²) in [6.45, 7) is 3.30. The van der Waals surface area contributed by atoms with E-state index in [1.807, 2.05) is 6.26 Å². The van der Waals surface area contributed by atoms with Crippen molar-refractivity contribution in [2.75, 3.05) is 25.6 Å². The van der Waals surface area contributed by atoms with Gasteiger partial charge in [-0.15, -0.1) is 0 Å². The van der Waals surface area contributed by atoms with Gasteiger partial charge in [0.1, 0.15) is 6.04 Å². The third-order valence-corrected chi connectivity index (χ3v) is 2.82. The summed E-state index contributed by atoms with van der Waals surface area (Å²) in [6, 6.07) is -1.39. The Morgan fingerprint density at radius 3 is 2.39 bits per heavy atom. The van der Waals surface area contributed by atoms with Crippen LogP contribution in [-0.4, -0.2) is 64.4 Å². The first-order chi connectivity index (χ1) is 8.17. The van der Waals surface area contributed by atoms with Crippen LogP contribution in [0, 0.1) is 0 Å². The molecule has 0 heterocycles. The molecule has 0 saturated carbocycles. The van der Waals surface area contributed by atoms with Crippen molar-refractivity contribution in [3.63, 3.8) is 0 Å². The molecule has 0 aromatic rings. The number of amides is 2. The van der Waals surface area contributed by atoms with Crippen molar-refractivity contribution in [2.24, 2.45) is 0 Å². The van der Waals surface area contributed by atoms with Gasteiger partial charge in [-0.1, -0.05) is 0 Å². The number of aliphatic carboxylic acids is 1. The van der Waals surface area contributed by atoms with Gasteiger partial charge in [0.15, 0.2) is 0 Å². The Balaban J connectivity index is 4.36. The summed E-state index contributed by atoms with van der Waals surface area (Å²) < 4.78 is 0. The molecule has 0 aromatic heterocycles. The molecule has 3 N–H and O–H groups in total. The molecule has 0 saturated heterocycles. The van der Waals surface area contributed by atoms with Crippen LogP contribution in [0.15, 0.2) is 0 Å². The highest BCUT2D eigenvalue weighted by molar-refractivity contribution is 7.98. The van der Waals surface area contributed by atoms with E-state index in [-0.39, 0.29) is 6.54 Å². The maximum Gasteiger partial charge on any atom is 0.326 e. The van der Waals surface area contributed by atoms with Gasteiger partial charge in [-0.2, -0.15) is 11.8 Å². The lowest BCUT2D eigenvalue weighted by atomic mass is 10.1. The number of carbonyl (C=O) groups is 2. The molecular weight excluding hydrogens is 256 g/mol. The number of urea groups is 1. The van der Waals surface area contributed by atoms with E-state index >= 15 is 0 Å². The lowest BCUT2D eigenvalue weighted by Gasteiger charge is -2.27. The molecule has 0 rings (SSSR count). The third kappa shape index (κ3) is 7.39. The summed E-state index contributed by atoms with van der Waals surface area (Å²) in [5.74, 6) is -0.388. The molecule has 6 nitrogen and oxygen atoms in total. The number of hydrogen-bond donors (Lipinski definition) is 3. The molecule has 0 radical (unpaired) electrons.